The molecule has 25 heavy (non-hydrogen) atoms. The van der Waals surface area contributed by atoms with E-state index in [1.165, 1.54) is 12.3 Å². The minimum absolute atomic E-state index is 0.0277. The molecule has 1 saturated heterocycles. The molecule has 0 bridgehead atoms. The van der Waals surface area contributed by atoms with Crippen LogP contribution in [0.4, 0.5) is 15.9 Å². The van der Waals surface area contributed by atoms with E-state index in [-0.39, 0.29) is 11.4 Å². The van der Waals surface area contributed by atoms with Crippen LogP contribution in [0.2, 0.25) is 0 Å². The van der Waals surface area contributed by atoms with Gasteiger partial charge in [0.25, 0.3) is 0 Å². The van der Waals surface area contributed by atoms with Gasteiger partial charge in [-0.05, 0) is 43.5 Å². The van der Waals surface area contributed by atoms with Gasteiger partial charge in [0.1, 0.15) is 17.5 Å². The van der Waals surface area contributed by atoms with Crippen LogP contribution in [0, 0.1) is 18.2 Å². The fraction of sp³-hybridized carbons (Fsp3) is 0.368. The Bertz CT molecular complexity index is 793. The number of hydrogen-bond acceptors (Lipinski definition) is 4. The fourth-order valence-corrected chi connectivity index (χ4v) is 3.80. The number of amidine groups is 1. The first kappa shape index (κ1) is 15.9. The Hall–Kier alpha value is -2.63. The molecule has 0 radical (unpaired) electrons. The lowest BCUT2D eigenvalue weighted by Crippen LogP contribution is -2.57. The number of aromatic nitrogens is 1. The van der Waals surface area contributed by atoms with Crippen molar-refractivity contribution >= 4 is 17.3 Å². The maximum absolute atomic E-state index is 13.1. The van der Waals surface area contributed by atoms with Gasteiger partial charge in [0.05, 0.1) is 11.7 Å². The minimum Gasteiger partial charge on any atom is -0.398 e. The number of rotatable bonds is 2. The second-order valence-corrected chi connectivity index (χ2v) is 7.02. The molecule has 0 unspecified atom stereocenters. The third kappa shape index (κ3) is 2.71. The van der Waals surface area contributed by atoms with Crippen molar-refractivity contribution in [1.82, 2.24) is 9.88 Å². The summed E-state index contributed by atoms with van der Waals surface area (Å²) >= 11 is 0. The Morgan fingerprint density at radius 1 is 1.24 bits per heavy atom. The Kier molecular flexibility index (Phi) is 3.63. The fourth-order valence-electron chi connectivity index (χ4n) is 3.80. The Balaban J connectivity index is 1.58. The van der Waals surface area contributed by atoms with Gasteiger partial charge in [-0.1, -0.05) is 12.1 Å². The number of pyridine rings is 1. The summed E-state index contributed by atoms with van der Waals surface area (Å²) in [6.07, 6.45) is 3.37. The molecule has 1 spiro atoms. The van der Waals surface area contributed by atoms with Gasteiger partial charge in [-0.25, -0.2) is 9.37 Å². The van der Waals surface area contributed by atoms with Crippen molar-refractivity contribution in [3.05, 3.63) is 53.5 Å². The number of nitrogen functional groups attached to an aromatic ring is 1. The van der Waals surface area contributed by atoms with Gasteiger partial charge in [-0.15, -0.1) is 0 Å². The summed E-state index contributed by atoms with van der Waals surface area (Å²) in [4.78, 5) is 8.60. The number of aryl methyl sites for hydroxylation is 1. The van der Waals surface area contributed by atoms with Crippen LogP contribution in [0.5, 0.6) is 0 Å². The number of nitrogens with one attached hydrogen (secondary N) is 1. The van der Waals surface area contributed by atoms with Gasteiger partial charge >= 0.3 is 0 Å². The molecular formula is C19H22FN5. The lowest BCUT2D eigenvalue weighted by atomic mass is 10.0. The molecule has 130 valence electrons. The summed E-state index contributed by atoms with van der Waals surface area (Å²) in [7, 11) is 0. The average molecular weight is 339 g/mol. The molecule has 2 fully saturated rings. The minimum atomic E-state index is -0.319. The number of nitrogens with zero attached hydrogens (tertiary/aromatic N) is 3. The number of hydrogen-bond donors (Lipinski definition) is 2. The van der Waals surface area contributed by atoms with E-state index in [4.69, 9.17) is 11.1 Å². The zero-order chi connectivity index (χ0) is 17.6. The Morgan fingerprint density at radius 2 is 2.04 bits per heavy atom. The molecule has 0 amide bonds. The summed E-state index contributed by atoms with van der Waals surface area (Å²) in [5.41, 5.74) is 8.64. The highest BCUT2D eigenvalue weighted by Crippen LogP contribution is 2.45. The van der Waals surface area contributed by atoms with Crippen molar-refractivity contribution < 1.29 is 4.39 Å². The molecule has 1 aliphatic heterocycles. The quantitative estimate of drug-likeness (QED) is 0.501. The molecule has 2 heterocycles. The highest BCUT2D eigenvalue weighted by Gasteiger charge is 2.52. The maximum Gasteiger partial charge on any atom is 0.141 e. The van der Waals surface area contributed by atoms with E-state index in [0.29, 0.717) is 11.5 Å². The second-order valence-electron chi connectivity index (χ2n) is 7.02. The van der Waals surface area contributed by atoms with Crippen LogP contribution in [0.15, 0.2) is 36.5 Å². The lowest BCUT2D eigenvalue weighted by Gasteiger charge is -2.44. The van der Waals surface area contributed by atoms with Crippen LogP contribution in [-0.4, -0.2) is 40.9 Å². The molecule has 1 saturated carbocycles. The molecular weight excluding hydrogens is 317 g/mol. The third-order valence-corrected chi connectivity index (χ3v) is 5.33. The number of halogens is 1. The van der Waals surface area contributed by atoms with E-state index in [1.807, 2.05) is 25.1 Å². The van der Waals surface area contributed by atoms with Gasteiger partial charge in [0, 0.05) is 30.9 Å². The highest BCUT2D eigenvalue weighted by atomic mass is 19.1. The standard InChI is InChI=1S/C19H22FN5/c1-13-3-2-4-15(21)17(13)18(22)25-10-9-24(12-19(25)7-8-19)16-6-5-14(20)11-23-16/h2-6,11,22H,7-10,12,21H2,1H3. The van der Waals surface area contributed by atoms with E-state index < -0.39 is 0 Å². The monoisotopic (exact) mass is 339 g/mol. The molecule has 3 N–H and O–H groups in total. The Labute approximate surface area is 146 Å². The summed E-state index contributed by atoms with van der Waals surface area (Å²) in [5, 5.41) is 8.76. The van der Waals surface area contributed by atoms with Crippen LogP contribution in [0.1, 0.15) is 24.0 Å². The summed E-state index contributed by atoms with van der Waals surface area (Å²) in [5.74, 6) is 0.995. The van der Waals surface area contributed by atoms with Crippen molar-refractivity contribution in [2.24, 2.45) is 0 Å². The predicted octanol–water partition coefficient (Wildman–Crippen LogP) is 2.79. The molecule has 2 aliphatic rings. The van der Waals surface area contributed by atoms with Crippen molar-refractivity contribution in [1.29, 1.82) is 5.41 Å². The summed E-state index contributed by atoms with van der Waals surface area (Å²) in [6.45, 7) is 4.30. The van der Waals surface area contributed by atoms with Gasteiger partial charge in [-0.2, -0.15) is 0 Å². The molecule has 1 aliphatic carbocycles. The summed E-state index contributed by atoms with van der Waals surface area (Å²) in [6, 6.07) is 8.95. The zero-order valence-electron chi connectivity index (χ0n) is 14.3. The SMILES string of the molecule is Cc1cccc(N)c1C(=N)N1CCN(c2ccc(F)cn2)CC12CC2. The van der Waals surface area contributed by atoms with Crippen molar-refractivity contribution in [2.75, 3.05) is 30.3 Å². The van der Waals surface area contributed by atoms with E-state index in [1.54, 1.807) is 6.07 Å². The Morgan fingerprint density at radius 3 is 2.68 bits per heavy atom. The van der Waals surface area contributed by atoms with Crippen LogP contribution in [0.25, 0.3) is 0 Å². The first-order valence-corrected chi connectivity index (χ1v) is 8.58. The van der Waals surface area contributed by atoms with E-state index in [9.17, 15) is 4.39 Å². The molecule has 1 aromatic heterocycles. The molecule has 5 nitrogen and oxygen atoms in total. The van der Waals surface area contributed by atoms with E-state index in [2.05, 4.69) is 14.8 Å². The van der Waals surface area contributed by atoms with Crippen LogP contribution in [-0.2, 0) is 0 Å². The number of nitrogens with two attached hydrogens (primary N) is 1. The van der Waals surface area contributed by atoms with Crippen molar-refractivity contribution in [2.45, 2.75) is 25.3 Å². The van der Waals surface area contributed by atoms with Gasteiger partial charge in [-0.3, -0.25) is 5.41 Å². The van der Waals surface area contributed by atoms with Crippen LogP contribution in [0.3, 0.4) is 0 Å². The first-order valence-electron chi connectivity index (χ1n) is 8.58. The second kappa shape index (κ2) is 5.72. The van der Waals surface area contributed by atoms with Gasteiger partial charge in [0.2, 0.25) is 0 Å². The predicted molar refractivity (Wildman–Crippen MR) is 97.5 cm³/mol. The molecule has 4 rings (SSSR count). The maximum atomic E-state index is 13.1. The number of anilines is 2. The zero-order valence-corrected chi connectivity index (χ0v) is 14.3. The largest absolute Gasteiger partial charge is 0.398 e. The molecule has 0 atom stereocenters. The van der Waals surface area contributed by atoms with E-state index in [0.717, 1.165) is 49.4 Å². The van der Waals surface area contributed by atoms with Gasteiger partial charge < -0.3 is 15.5 Å². The first-order chi connectivity index (χ1) is 12.0. The summed E-state index contributed by atoms with van der Waals surface area (Å²) < 4.78 is 13.1. The van der Waals surface area contributed by atoms with Crippen molar-refractivity contribution in [3.8, 4) is 0 Å². The normalized spacial score (nSPS) is 18.5. The van der Waals surface area contributed by atoms with Crippen LogP contribution < -0.4 is 10.6 Å². The van der Waals surface area contributed by atoms with Crippen molar-refractivity contribution in [3.63, 3.8) is 0 Å². The third-order valence-electron chi connectivity index (χ3n) is 5.33. The topological polar surface area (TPSA) is 69.2 Å². The lowest BCUT2D eigenvalue weighted by molar-refractivity contribution is 0.258. The van der Waals surface area contributed by atoms with Crippen LogP contribution >= 0.6 is 0 Å². The molecule has 1 aromatic carbocycles. The van der Waals surface area contributed by atoms with E-state index >= 15 is 0 Å². The number of benzene rings is 1. The smallest absolute Gasteiger partial charge is 0.141 e. The average Bonchev–Trinajstić information content (AvgIpc) is 3.34. The highest BCUT2D eigenvalue weighted by molar-refractivity contribution is 6.03. The molecule has 6 heteroatoms. The number of piperazine rings is 1. The van der Waals surface area contributed by atoms with Gasteiger partial charge in [0.15, 0.2) is 0 Å². The molecule has 2 aromatic rings.